The highest BCUT2D eigenvalue weighted by Gasteiger charge is 2.26. The number of likely N-dealkylation sites (tertiary alicyclic amines) is 1. The Labute approximate surface area is 101 Å². The van der Waals surface area contributed by atoms with Crippen molar-refractivity contribution in [1.29, 1.82) is 0 Å². The van der Waals surface area contributed by atoms with E-state index in [1.54, 1.807) is 0 Å². The van der Waals surface area contributed by atoms with E-state index in [1.807, 2.05) is 0 Å². The highest BCUT2D eigenvalue weighted by atomic mass is 79.9. The molecule has 2 unspecified atom stereocenters. The summed E-state index contributed by atoms with van der Waals surface area (Å²) >= 11 is 3.76. The number of rotatable bonds is 2. The molecule has 2 fully saturated rings. The molecule has 0 saturated carbocycles. The van der Waals surface area contributed by atoms with Gasteiger partial charge >= 0.3 is 0 Å². The number of hydrogen-bond acceptors (Lipinski definition) is 2. The van der Waals surface area contributed by atoms with Gasteiger partial charge in [0.1, 0.15) is 0 Å². The quantitative estimate of drug-likeness (QED) is 0.719. The Bertz CT molecular complexity index is 194. The lowest BCUT2D eigenvalue weighted by atomic mass is 9.95. The van der Waals surface area contributed by atoms with Gasteiger partial charge in [-0.05, 0) is 37.6 Å². The summed E-state index contributed by atoms with van der Waals surface area (Å²) in [6, 6.07) is 0. The summed E-state index contributed by atoms with van der Waals surface area (Å²) in [4.78, 5) is 3.39. The van der Waals surface area contributed by atoms with Crippen LogP contribution in [0.25, 0.3) is 0 Å². The average molecular weight is 276 g/mol. The molecule has 0 N–H and O–H groups in total. The zero-order valence-corrected chi connectivity index (χ0v) is 11.2. The molecule has 3 heteroatoms. The van der Waals surface area contributed by atoms with E-state index in [4.69, 9.17) is 4.74 Å². The molecule has 2 aliphatic rings. The van der Waals surface area contributed by atoms with Gasteiger partial charge in [0.25, 0.3) is 0 Å². The summed E-state index contributed by atoms with van der Waals surface area (Å²) in [7, 11) is 0. The summed E-state index contributed by atoms with van der Waals surface area (Å²) in [5.74, 6) is 1.69. The monoisotopic (exact) mass is 275 g/mol. The fourth-order valence-corrected chi connectivity index (χ4v) is 3.04. The van der Waals surface area contributed by atoms with Gasteiger partial charge < -0.3 is 9.64 Å². The topological polar surface area (TPSA) is 12.5 Å². The summed E-state index contributed by atoms with van der Waals surface area (Å²) < 4.78 is 5.40. The lowest BCUT2D eigenvalue weighted by Crippen LogP contribution is -2.42. The van der Waals surface area contributed by atoms with Crippen molar-refractivity contribution in [3.8, 4) is 0 Å². The van der Waals surface area contributed by atoms with Crippen molar-refractivity contribution >= 4 is 15.9 Å². The van der Waals surface area contributed by atoms with Crippen LogP contribution in [0.15, 0.2) is 0 Å². The average Bonchev–Trinajstić information content (AvgIpc) is 2.25. The van der Waals surface area contributed by atoms with Crippen LogP contribution in [-0.4, -0.2) is 42.6 Å². The van der Waals surface area contributed by atoms with E-state index < -0.39 is 0 Å². The molecule has 2 atom stereocenters. The van der Waals surface area contributed by atoms with E-state index in [1.165, 1.54) is 38.9 Å². The maximum atomic E-state index is 5.40. The van der Waals surface area contributed by atoms with Crippen LogP contribution in [0.2, 0.25) is 0 Å². The summed E-state index contributed by atoms with van der Waals surface area (Å²) in [6.45, 7) is 8.16. The number of alkyl halides is 1. The lowest BCUT2D eigenvalue weighted by molar-refractivity contribution is 0.0468. The van der Waals surface area contributed by atoms with Crippen molar-refractivity contribution in [1.82, 2.24) is 4.90 Å². The van der Waals surface area contributed by atoms with Crippen LogP contribution in [0.3, 0.4) is 0 Å². The normalized spacial score (nSPS) is 35.6. The van der Waals surface area contributed by atoms with E-state index in [2.05, 4.69) is 27.8 Å². The molecule has 2 saturated heterocycles. The number of nitrogens with zero attached hydrogens (tertiary/aromatic N) is 1. The highest BCUT2D eigenvalue weighted by molar-refractivity contribution is 9.09. The molecule has 2 heterocycles. The third-order valence-electron chi connectivity index (χ3n) is 3.74. The van der Waals surface area contributed by atoms with Crippen molar-refractivity contribution in [2.75, 3.05) is 32.8 Å². The predicted octanol–water partition coefficient (Wildman–Crippen LogP) is 2.52. The number of hydrogen-bond donors (Lipinski definition) is 0. The van der Waals surface area contributed by atoms with Crippen LogP contribution in [0.5, 0.6) is 0 Å². The second-order valence-electron chi connectivity index (χ2n) is 5.10. The van der Waals surface area contributed by atoms with Crippen LogP contribution < -0.4 is 0 Å². The minimum Gasteiger partial charge on any atom is -0.381 e. The lowest BCUT2D eigenvalue weighted by Gasteiger charge is -2.37. The Kier molecular flexibility index (Phi) is 4.47. The second-order valence-corrected chi connectivity index (χ2v) is 6.27. The molecule has 0 radical (unpaired) electrons. The first kappa shape index (κ1) is 11.9. The van der Waals surface area contributed by atoms with Crippen LogP contribution >= 0.6 is 15.9 Å². The van der Waals surface area contributed by atoms with Gasteiger partial charge in [-0.3, -0.25) is 0 Å². The van der Waals surface area contributed by atoms with E-state index in [-0.39, 0.29) is 0 Å². The highest BCUT2D eigenvalue weighted by Crippen LogP contribution is 2.25. The van der Waals surface area contributed by atoms with Gasteiger partial charge in [-0.2, -0.15) is 0 Å². The molecule has 0 aromatic carbocycles. The van der Waals surface area contributed by atoms with Gasteiger partial charge in [-0.1, -0.05) is 22.9 Å². The molecule has 15 heavy (non-hydrogen) atoms. The molecule has 2 aliphatic heterocycles. The molecule has 88 valence electrons. The van der Waals surface area contributed by atoms with Gasteiger partial charge in [0.2, 0.25) is 0 Å². The van der Waals surface area contributed by atoms with E-state index in [9.17, 15) is 0 Å². The predicted molar refractivity (Wildman–Crippen MR) is 66.5 cm³/mol. The van der Waals surface area contributed by atoms with Crippen molar-refractivity contribution in [2.45, 2.75) is 31.0 Å². The standard InChI is InChI=1S/C12H22BrNO/c1-10-8-14(5-2-12(10)13)9-11-3-6-15-7-4-11/h10-12H,2-9H2,1H3. The van der Waals surface area contributed by atoms with Gasteiger partial charge in [-0.15, -0.1) is 0 Å². The maximum absolute atomic E-state index is 5.40. The molecule has 0 spiro atoms. The molecule has 2 rings (SSSR count). The third kappa shape index (κ3) is 3.43. The van der Waals surface area contributed by atoms with Crippen LogP contribution in [0.1, 0.15) is 26.2 Å². The molecule has 0 aromatic heterocycles. The Morgan fingerprint density at radius 1 is 1.27 bits per heavy atom. The molecule has 2 nitrogen and oxygen atoms in total. The molecule has 0 aliphatic carbocycles. The zero-order valence-electron chi connectivity index (χ0n) is 9.62. The van der Waals surface area contributed by atoms with Gasteiger partial charge in [-0.25, -0.2) is 0 Å². The maximum Gasteiger partial charge on any atom is 0.0469 e. The molecular weight excluding hydrogens is 254 g/mol. The van der Waals surface area contributed by atoms with Crippen molar-refractivity contribution in [3.05, 3.63) is 0 Å². The molecule has 0 aromatic rings. The SMILES string of the molecule is CC1CN(CC2CCOCC2)CCC1Br. The van der Waals surface area contributed by atoms with E-state index >= 15 is 0 Å². The van der Waals surface area contributed by atoms with Gasteiger partial charge in [0.05, 0.1) is 0 Å². The van der Waals surface area contributed by atoms with Crippen LogP contribution in [-0.2, 0) is 4.74 Å². The van der Waals surface area contributed by atoms with E-state index in [0.717, 1.165) is 29.9 Å². The first-order valence-electron chi connectivity index (χ1n) is 6.20. The molecule has 0 amide bonds. The first-order chi connectivity index (χ1) is 7.25. The van der Waals surface area contributed by atoms with Crippen LogP contribution in [0.4, 0.5) is 0 Å². The summed E-state index contributed by atoms with van der Waals surface area (Å²) in [5.41, 5.74) is 0. The summed E-state index contributed by atoms with van der Waals surface area (Å²) in [5, 5.41) is 0. The fraction of sp³-hybridized carbons (Fsp3) is 1.00. The third-order valence-corrected chi connectivity index (χ3v) is 5.10. The Balaban J connectivity index is 1.74. The zero-order chi connectivity index (χ0) is 10.7. The number of piperidine rings is 1. The summed E-state index contributed by atoms with van der Waals surface area (Å²) in [6.07, 6.45) is 3.84. The minimum atomic E-state index is 0.739. The minimum absolute atomic E-state index is 0.739. The number of halogens is 1. The Morgan fingerprint density at radius 3 is 2.67 bits per heavy atom. The first-order valence-corrected chi connectivity index (χ1v) is 7.11. The van der Waals surface area contributed by atoms with Crippen molar-refractivity contribution in [2.24, 2.45) is 11.8 Å². The Hall–Kier alpha value is 0.400. The Morgan fingerprint density at radius 2 is 2.00 bits per heavy atom. The molecular formula is C12H22BrNO. The van der Waals surface area contributed by atoms with E-state index in [0.29, 0.717) is 0 Å². The van der Waals surface area contributed by atoms with Gasteiger partial charge in [0.15, 0.2) is 0 Å². The largest absolute Gasteiger partial charge is 0.381 e. The van der Waals surface area contributed by atoms with Crippen molar-refractivity contribution in [3.63, 3.8) is 0 Å². The van der Waals surface area contributed by atoms with Gasteiger partial charge in [0, 0.05) is 31.1 Å². The van der Waals surface area contributed by atoms with Crippen molar-refractivity contribution < 1.29 is 4.74 Å². The second kappa shape index (κ2) is 5.65. The molecule has 0 bridgehead atoms. The fourth-order valence-electron chi connectivity index (χ4n) is 2.66. The number of ether oxygens (including phenoxy) is 1. The smallest absolute Gasteiger partial charge is 0.0469 e. The van der Waals surface area contributed by atoms with Crippen LogP contribution in [0, 0.1) is 11.8 Å².